The van der Waals surface area contributed by atoms with Crippen LogP contribution in [-0.4, -0.2) is 6.54 Å². The third-order valence-electron chi connectivity index (χ3n) is 2.64. The summed E-state index contributed by atoms with van der Waals surface area (Å²) in [6.45, 7) is 0.890. The van der Waals surface area contributed by atoms with Crippen molar-refractivity contribution >= 4 is 0 Å². The van der Waals surface area contributed by atoms with Gasteiger partial charge in [-0.3, -0.25) is 0 Å². The molecular formula is C11H13F2N. The number of rotatable bonds is 1. The lowest BCUT2D eigenvalue weighted by Gasteiger charge is -2.24. The summed E-state index contributed by atoms with van der Waals surface area (Å²) < 4.78 is 26.3. The Hall–Kier alpha value is -0.960. The molecule has 1 aromatic rings. The van der Waals surface area contributed by atoms with Crippen molar-refractivity contribution in [3.05, 3.63) is 35.4 Å². The molecule has 1 fully saturated rings. The van der Waals surface area contributed by atoms with Crippen molar-refractivity contribution in [2.24, 2.45) is 0 Å². The molecule has 0 bridgehead atoms. The fraction of sp³-hybridized carbons (Fsp3) is 0.455. The van der Waals surface area contributed by atoms with Crippen LogP contribution >= 0.6 is 0 Å². The van der Waals surface area contributed by atoms with E-state index in [1.165, 1.54) is 12.1 Å². The predicted molar refractivity (Wildman–Crippen MR) is 51.0 cm³/mol. The molecule has 1 heterocycles. The molecule has 0 aromatic heterocycles. The Balaban J connectivity index is 2.24. The van der Waals surface area contributed by atoms with Crippen LogP contribution in [0.5, 0.6) is 0 Å². The quantitative estimate of drug-likeness (QED) is 0.730. The van der Waals surface area contributed by atoms with Gasteiger partial charge in [0.05, 0.1) is 0 Å². The van der Waals surface area contributed by atoms with Crippen molar-refractivity contribution in [3.63, 3.8) is 0 Å². The van der Waals surface area contributed by atoms with Gasteiger partial charge in [-0.05, 0) is 37.6 Å². The molecule has 14 heavy (non-hydrogen) atoms. The van der Waals surface area contributed by atoms with E-state index in [4.69, 9.17) is 0 Å². The third-order valence-corrected chi connectivity index (χ3v) is 2.64. The van der Waals surface area contributed by atoms with Crippen LogP contribution in [0.3, 0.4) is 0 Å². The summed E-state index contributed by atoms with van der Waals surface area (Å²) in [5.41, 5.74) is 0.463. The molecule has 1 nitrogen and oxygen atoms in total. The Morgan fingerprint density at radius 1 is 1.21 bits per heavy atom. The molecule has 1 saturated heterocycles. The van der Waals surface area contributed by atoms with Gasteiger partial charge in [0.1, 0.15) is 11.6 Å². The molecule has 2 rings (SSSR count). The second kappa shape index (κ2) is 4.05. The van der Waals surface area contributed by atoms with Gasteiger partial charge in [0.25, 0.3) is 0 Å². The molecule has 3 heteroatoms. The van der Waals surface area contributed by atoms with E-state index < -0.39 is 0 Å². The zero-order valence-electron chi connectivity index (χ0n) is 7.89. The van der Waals surface area contributed by atoms with Crippen LogP contribution in [0, 0.1) is 11.6 Å². The zero-order valence-corrected chi connectivity index (χ0v) is 7.89. The van der Waals surface area contributed by atoms with Crippen LogP contribution < -0.4 is 5.32 Å². The number of piperidine rings is 1. The lowest BCUT2D eigenvalue weighted by atomic mass is 9.97. The topological polar surface area (TPSA) is 12.0 Å². The average Bonchev–Trinajstić information content (AvgIpc) is 2.23. The van der Waals surface area contributed by atoms with Crippen molar-refractivity contribution in [2.45, 2.75) is 25.3 Å². The van der Waals surface area contributed by atoms with Gasteiger partial charge in [-0.25, -0.2) is 8.78 Å². The van der Waals surface area contributed by atoms with Crippen molar-refractivity contribution in [1.29, 1.82) is 0 Å². The van der Waals surface area contributed by atoms with Crippen LogP contribution in [0.1, 0.15) is 30.9 Å². The van der Waals surface area contributed by atoms with E-state index in [0.29, 0.717) is 5.56 Å². The van der Waals surface area contributed by atoms with E-state index in [1.807, 2.05) is 0 Å². The van der Waals surface area contributed by atoms with Gasteiger partial charge in [0.15, 0.2) is 0 Å². The first-order valence-electron chi connectivity index (χ1n) is 4.96. The third kappa shape index (κ3) is 1.93. The summed E-state index contributed by atoms with van der Waals surface area (Å²) in [5.74, 6) is -0.681. The minimum Gasteiger partial charge on any atom is -0.310 e. The SMILES string of the molecule is Fc1ccc(F)c(C2CCCCN2)c1. The van der Waals surface area contributed by atoms with E-state index in [-0.39, 0.29) is 17.7 Å². The van der Waals surface area contributed by atoms with E-state index in [0.717, 1.165) is 31.9 Å². The van der Waals surface area contributed by atoms with E-state index >= 15 is 0 Å². The zero-order chi connectivity index (χ0) is 9.97. The monoisotopic (exact) mass is 197 g/mol. The fourth-order valence-corrected chi connectivity index (χ4v) is 1.90. The maximum absolute atomic E-state index is 13.3. The molecule has 1 aliphatic rings. The van der Waals surface area contributed by atoms with Gasteiger partial charge >= 0.3 is 0 Å². The second-order valence-corrected chi connectivity index (χ2v) is 3.67. The van der Waals surface area contributed by atoms with E-state index in [9.17, 15) is 8.78 Å². The van der Waals surface area contributed by atoms with Crippen molar-refractivity contribution in [1.82, 2.24) is 5.32 Å². The molecule has 1 atom stereocenters. The number of hydrogen-bond acceptors (Lipinski definition) is 1. The molecular weight excluding hydrogens is 184 g/mol. The number of nitrogens with one attached hydrogen (secondary N) is 1. The van der Waals surface area contributed by atoms with Crippen LogP contribution in [0.4, 0.5) is 8.78 Å². The van der Waals surface area contributed by atoms with Crippen LogP contribution in [0.25, 0.3) is 0 Å². The highest BCUT2D eigenvalue weighted by atomic mass is 19.1. The Morgan fingerprint density at radius 2 is 2.07 bits per heavy atom. The van der Waals surface area contributed by atoms with Crippen LogP contribution in [0.15, 0.2) is 18.2 Å². The minimum absolute atomic E-state index is 0.0144. The van der Waals surface area contributed by atoms with Crippen molar-refractivity contribution in [2.75, 3.05) is 6.54 Å². The van der Waals surface area contributed by atoms with Gasteiger partial charge in [-0.2, -0.15) is 0 Å². The molecule has 1 aromatic carbocycles. The van der Waals surface area contributed by atoms with Gasteiger partial charge in [-0.1, -0.05) is 6.42 Å². The second-order valence-electron chi connectivity index (χ2n) is 3.67. The first-order valence-corrected chi connectivity index (χ1v) is 4.96. The summed E-state index contributed by atoms with van der Waals surface area (Å²) in [4.78, 5) is 0. The molecule has 0 spiro atoms. The van der Waals surface area contributed by atoms with Gasteiger partial charge in [0.2, 0.25) is 0 Å². The minimum atomic E-state index is -0.367. The summed E-state index contributed by atoms with van der Waals surface area (Å²) >= 11 is 0. The normalized spacial score (nSPS) is 22.3. The molecule has 76 valence electrons. The molecule has 1 aliphatic heterocycles. The van der Waals surface area contributed by atoms with E-state index in [1.54, 1.807) is 0 Å². The summed E-state index contributed by atoms with van der Waals surface area (Å²) in [6, 6.07) is 3.63. The molecule has 1 unspecified atom stereocenters. The molecule has 1 N–H and O–H groups in total. The smallest absolute Gasteiger partial charge is 0.128 e. The highest BCUT2D eigenvalue weighted by Crippen LogP contribution is 2.25. The Kier molecular flexibility index (Phi) is 2.77. The highest BCUT2D eigenvalue weighted by molar-refractivity contribution is 5.22. The van der Waals surface area contributed by atoms with Gasteiger partial charge in [0, 0.05) is 11.6 Å². The number of halogens is 2. The first kappa shape index (κ1) is 9.59. The molecule has 0 amide bonds. The van der Waals surface area contributed by atoms with Crippen LogP contribution in [-0.2, 0) is 0 Å². The molecule has 0 saturated carbocycles. The molecule has 0 aliphatic carbocycles. The lowest BCUT2D eigenvalue weighted by molar-refractivity contribution is 0.398. The number of benzene rings is 1. The predicted octanol–water partition coefficient (Wildman–Crippen LogP) is 2.78. The van der Waals surface area contributed by atoms with Gasteiger partial charge in [-0.15, -0.1) is 0 Å². The standard InChI is InChI=1S/C11H13F2N/c12-8-4-5-10(13)9(7-8)11-3-1-2-6-14-11/h4-5,7,11,14H,1-3,6H2. The van der Waals surface area contributed by atoms with Crippen molar-refractivity contribution in [3.8, 4) is 0 Å². The molecule has 0 radical (unpaired) electrons. The van der Waals surface area contributed by atoms with Crippen LogP contribution in [0.2, 0.25) is 0 Å². The highest BCUT2D eigenvalue weighted by Gasteiger charge is 2.18. The van der Waals surface area contributed by atoms with Gasteiger partial charge < -0.3 is 5.32 Å². The Bertz CT molecular complexity index is 319. The summed E-state index contributed by atoms with van der Waals surface area (Å²) in [5, 5.41) is 3.20. The first-order chi connectivity index (χ1) is 6.77. The summed E-state index contributed by atoms with van der Waals surface area (Å²) in [6.07, 6.45) is 3.08. The Morgan fingerprint density at radius 3 is 2.79 bits per heavy atom. The van der Waals surface area contributed by atoms with E-state index in [2.05, 4.69) is 5.32 Å². The van der Waals surface area contributed by atoms with Crippen molar-refractivity contribution < 1.29 is 8.78 Å². The Labute approximate surface area is 82.1 Å². The number of hydrogen-bond donors (Lipinski definition) is 1. The summed E-state index contributed by atoms with van der Waals surface area (Å²) in [7, 11) is 0. The largest absolute Gasteiger partial charge is 0.310 e. The average molecular weight is 197 g/mol. The maximum atomic E-state index is 13.3. The lowest BCUT2D eigenvalue weighted by Crippen LogP contribution is -2.27. The maximum Gasteiger partial charge on any atom is 0.128 e. The fourth-order valence-electron chi connectivity index (χ4n) is 1.90.